The molecule has 1 unspecified atom stereocenters. The second-order valence-electron chi connectivity index (χ2n) is 7.18. The minimum absolute atomic E-state index is 0.0551. The van der Waals surface area contributed by atoms with Gasteiger partial charge in [-0.3, -0.25) is 19.5 Å². The number of aliphatic hydroxyl groups excluding tert-OH is 1. The summed E-state index contributed by atoms with van der Waals surface area (Å²) in [6, 6.07) is 13.2. The molecule has 0 saturated carbocycles. The molecule has 0 aliphatic carbocycles. The number of anilines is 1. The average molecular weight is 402 g/mol. The fraction of sp³-hybridized carbons (Fsp3) is 0.125. The van der Waals surface area contributed by atoms with Gasteiger partial charge in [-0.25, -0.2) is 4.39 Å². The summed E-state index contributed by atoms with van der Waals surface area (Å²) in [5.74, 6) is -2.35. The molecular weight excluding hydrogens is 383 g/mol. The standard InChI is InChI=1S/C24H19FN2O3/c1-14-5-3-7-19(15(14)2)27-21(17-6-4-12-26-13-17)20(23(29)24(27)30)22(28)16-8-10-18(25)11-9-16/h3-13,21,28H,1-2H3/b22-20+. The number of aryl methyl sites for hydroxylation is 1. The van der Waals surface area contributed by atoms with Crippen molar-refractivity contribution in [2.75, 3.05) is 4.90 Å². The number of ketones is 1. The third-order valence-corrected chi connectivity index (χ3v) is 5.40. The highest BCUT2D eigenvalue weighted by Gasteiger charge is 2.47. The highest BCUT2D eigenvalue weighted by Crippen LogP contribution is 2.43. The smallest absolute Gasteiger partial charge is 0.300 e. The molecule has 1 fully saturated rings. The van der Waals surface area contributed by atoms with Gasteiger partial charge >= 0.3 is 0 Å². The van der Waals surface area contributed by atoms with Gasteiger partial charge in [-0.15, -0.1) is 0 Å². The summed E-state index contributed by atoms with van der Waals surface area (Å²) in [7, 11) is 0. The molecule has 0 bridgehead atoms. The van der Waals surface area contributed by atoms with E-state index in [0.717, 1.165) is 11.1 Å². The van der Waals surface area contributed by atoms with Crippen LogP contribution in [0.3, 0.4) is 0 Å². The number of pyridine rings is 1. The van der Waals surface area contributed by atoms with Crippen LogP contribution < -0.4 is 4.90 Å². The minimum atomic E-state index is -0.857. The lowest BCUT2D eigenvalue weighted by atomic mass is 9.95. The maximum absolute atomic E-state index is 13.3. The quantitative estimate of drug-likeness (QED) is 0.399. The monoisotopic (exact) mass is 402 g/mol. The first-order valence-electron chi connectivity index (χ1n) is 9.43. The van der Waals surface area contributed by atoms with Crippen molar-refractivity contribution in [1.82, 2.24) is 4.98 Å². The van der Waals surface area contributed by atoms with Crippen molar-refractivity contribution in [1.29, 1.82) is 0 Å². The maximum atomic E-state index is 13.3. The van der Waals surface area contributed by atoms with Crippen LogP contribution in [0.2, 0.25) is 0 Å². The number of carbonyl (C=O) groups excluding carboxylic acids is 2. The van der Waals surface area contributed by atoms with Crippen molar-refractivity contribution in [3.63, 3.8) is 0 Å². The van der Waals surface area contributed by atoms with E-state index in [2.05, 4.69) is 4.98 Å². The van der Waals surface area contributed by atoms with Crippen LogP contribution in [0, 0.1) is 19.7 Å². The van der Waals surface area contributed by atoms with E-state index in [-0.39, 0.29) is 16.9 Å². The molecule has 2 aromatic carbocycles. The molecule has 1 atom stereocenters. The number of aliphatic hydroxyl groups is 1. The maximum Gasteiger partial charge on any atom is 0.300 e. The molecule has 0 radical (unpaired) electrons. The van der Waals surface area contributed by atoms with E-state index in [1.54, 1.807) is 30.6 Å². The van der Waals surface area contributed by atoms with E-state index in [4.69, 9.17) is 0 Å². The van der Waals surface area contributed by atoms with Gasteiger partial charge in [0.1, 0.15) is 11.6 Å². The molecule has 0 spiro atoms. The summed E-state index contributed by atoms with van der Waals surface area (Å²) in [4.78, 5) is 31.7. The Hall–Kier alpha value is -3.80. The van der Waals surface area contributed by atoms with Crippen LogP contribution in [0.1, 0.15) is 28.3 Å². The number of amides is 1. The lowest BCUT2D eigenvalue weighted by molar-refractivity contribution is -0.132. The second kappa shape index (κ2) is 7.55. The first kappa shape index (κ1) is 19.5. The predicted octanol–water partition coefficient (Wildman–Crippen LogP) is 4.46. The van der Waals surface area contributed by atoms with Crippen molar-refractivity contribution < 1.29 is 19.1 Å². The molecular formula is C24H19FN2O3. The Morgan fingerprint density at radius 2 is 1.77 bits per heavy atom. The van der Waals surface area contributed by atoms with Gasteiger partial charge in [0.05, 0.1) is 11.6 Å². The molecule has 1 saturated heterocycles. The summed E-state index contributed by atoms with van der Waals surface area (Å²) >= 11 is 0. The highest BCUT2D eigenvalue weighted by atomic mass is 19.1. The molecule has 30 heavy (non-hydrogen) atoms. The zero-order valence-electron chi connectivity index (χ0n) is 16.5. The molecule has 1 amide bonds. The number of hydrogen-bond acceptors (Lipinski definition) is 4. The molecule has 3 aromatic rings. The Bertz CT molecular complexity index is 1170. The SMILES string of the molecule is Cc1cccc(N2C(=O)C(=O)/C(=C(/O)c3ccc(F)cc3)C2c2cccnc2)c1C. The molecule has 1 N–H and O–H groups in total. The summed E-state index contributed by atoms with van der Waals surface area (Å²) in [5.41, 5.74) is 3.20. The Balaban J connectivity index is 1.97. The van der Waals surface area contributed by atoms with Crippen LogP contribution in [0.15, 0.2) is 72.6 Å². The minimum Gasteiger partial charge on any atom is -0.507 e. The molecule has 1 aliphatic rings. The third kappa shape index (κ3) is 3.16. The van der Waals surface area contributed by atoms with Gasteiger partial charge in [-0.1, -0.05) is 18.2 Å². The van der Waals surface area contributed by atoms with Crippen molar-refractivity contribution >= 4 is 23.1 Å². The Morgan fingerprint density at radius 3 is 2.43 bits per heavy atom. The summed E-state index contributed by atoms with van der Waals surface area (Å²) in [6.45, 7) is 3.80. The topological polar surface area (TPSA) is 70.5 Å². The second-order valence-corrected chi connectivity index (χ2v) is 7.18. The van der Waals surface area contributed by atoms with Gasteiger partial charge in [-0.2, -0.15) is 0 Å². The summed E-state index contributed by atoms with van der Waals surface area (Å²) in [6.07, 6.45) is 3.15. The molecule has 1 aliphatic heterocycles. The predicted molar refractivity (Wildman–Crippen MR) is 111 cm³/mol. The van der Waals surface area contributed by atoms with Gasteiger partial charge in [0.2, 0.25) is 0 Å². The molecule has 6 heteroatoms. The van der Waals surface area contributed by atoms with Gasteiger partial charge in [0, 0.05) is 23.6 Å². The Kier molecular flexibility index (Phi) is 4.91. The lowest BCUT2D eigenvalue weighted by Crippen LogP contribution is -2.30. The van der Waals surface area contributed by atoms with Crippen LogP contribution in [-0.2, 0) is 9.59 Å². The fourth-order valence-corrected chi connectivity index (χ4v) is 3.69. The number of carbonyl (C=O) groups is 2. The van der Waals surface area contributed by atoms with E-state index in [1.807, 2.05) is 26.0 Å². The number of nitrogens with zero attached hydrogens (tertiary/aromatic N) is 2. The van der Waals surface area contributed by atoms with E-state index in [0.29, 0.717) is 11.3 Å². The van der Waals surface area contributed by atoms with Crippen molar-refractivity contribution in [3.8, 4) is 0 Å². The average Bonchev–Trinajstić information content (AvgIpc) is 3.01. The van der Waals surface area contributed by atoms with Crippen molar-refractivity contribution in [2.24, 2.45) is 0 Å². The number of Topliss-reactive ketones (excluding diaryl/α,β-unsaturated/α-hetero) is 1. The van der Waals surface area contributed by atoms with Crippen LogP contribution in [0.25, 0.3) is 5.76 Å². The lowest BCUT2D eigenvalue weighted by Gasteiger charge is -2.27. The zero-order chi connectivity index (χ0) is 21.4. The Morgan fingerprint density at radius 1 is 1.03 bits per heavy atom. The molecule has 1 aromatic heterocycles. The zero-order valence-corrected chi connectivity index (χ0v) is 16.5. The van der Waals surface area contributed by atoms with Crippen LogP contribution in [0.5, 0.6) is 0 Å². The number of hydrogen-bond donors (Lipinski definition) is 1. The van der Waals surface area contributed by atoms with Crippen LogP contribution >= 0.6 is 0 Å². The number of benzene rings is 2. The number of aromatic nitrogens is 1. The van der Waals surface area contributed by atoms with Crippen molar-refractivity contribution in [3.05, 3.63) is 101 Å². The highest BCUT2D eigenvalue weighted by molar-refractivity contribution is 6.51. The van der Waals surface area contributed by atoms with Crippen molar-refractivity contribution in [2.45, 2.75) is 19.9 Å². The first-order chi connectivity index (χ1) is 14.4. The van der Waals surface area contributed by atoms with Gasteiger partial charge < -0.3 is 5.11 Å². The van der Waals surface area contributed by atoms with Crippen LogP contribution in [0.4, 0.5) is 10.1 Å². The van der Waals surface area contributed by atoms with Gasteiger partial charge in [0.25, 0.3) is 11.7 Å². The largest absolute Gasteiger partial charge is 0.507 e. The van der Waals surface area contributed by atoms with E-state index in [1.165, 1.54) is 29.2 Å². The molecule has 4 rings (SSSR count). The Labute approximate surface area is 173 Å². The normalized spacial score (nSPS) is 18.1. The van der Waals surface area contributed by atoms with E-state index >= 15 is 0 Å². The molecule has 2 heterocycles. The van der Waals surface area contributed by atoms with Gasteiger partial charge in [0.15, 0.2) is 0 Å². The molecule has 150 valence electrons. The summed E-state index contributed by atoms with van der Waals surface area (Å²) < 4.78 is 13.3. The fourth-order valence-electron chi connectivity index (χ4n) is 3.69. The third-order valence-electron chi connectivity index (χ3n) is 5.40. The van der Waals surface area contributed by atoms with Crippen LogP contribution in [-0.4, -0.2) is 21.8 Å². The molecule has 5 nitrogen and oxygen atoms in total. The first-order valence-corrected chi connectivity index (χ1v) is 9.43. The number of rotatable bonds is 3. The number of halogens is 1. The summed E-state index contributed by atoms with van der Waals surface area (Å²) in [5, 5.41) is 11.0. The van der Waals surface area contributed by atoms with E-state index in [9.17, 15) is 19.1 Å². The van der Waals surface area contributed by atoms with E-state index < -0.39 is 23.5 Å². The van der Waals surface area contributed by atoms with Gasteiger partial charge in [-0.05, 0) is 66.9 Å².